The van der Waals surface area contributed by atoms with Crippen LogP contribution in [0.5, 0.6) is 11.5 Å². The number of benzene rings is 2. The fourth-order valence-electron chi connectivity index (χ4n) is 3.09. The Hall–Kier alpha value is -3.91. The van der Waals surface area contributed by atoms with E-state index in [-0.39, 0.29) is 5.56 Å². The fraction of sp³-hybridized carbons (Fsp3) is 0.0870. The second kappa shape index (κ2) is 8.85. The van der Waals surface area contributed by atoms with Crippen LogP contribution < -0.4 is 20.5 Å². The van der Waals surface area contributed by atoms with E-state index in [4.69, 9.17) is 9.47 Å². The Labute approximate surface area is 182 Å². The second-order valence-electron chi connectivity index (χ2n) is 6.52. The molecule has 0 aliphatic carbocycles. The topological polar surface area (TPSA) is 82.5 Å². The van der Waals surface area contributed by atoms with E-state index in [2.05, 4.69) is 17.0 Å². The highest BCUT2D eigenvalue weighted by atomic mass is 32.1. The quantitative estimate of drug-likeness (QED) is 0.444. The maximum atomic E-state index is 13.1. The third-order valence-electron chi connectivity index (χ3n) is 4.58. The average molecular weight is 433 g/mol. The minimum absolute atomic E-state index is 0.309. The molecule has 0 aliphatic rings. The van der Waals surface area contributed by atoms with Crippen molar-refractivity contribution < 1.29 is 14.3 Å². The Morgan fingerprint density at radius 3 is 2.77 bits per heavy atom. The van der Waals surface area contributed by atoms with Crippen molar-refractivity contribution in [2.24, 2.45) is 0 Å². The molecule has 0 aliphatic heterocycles. The first-order valence-corrected chi connectivity index (χ1v) is 10.3. The number of hydrogen-bond acceptors (Lipinski definition) is 6. The number of amides is 1. The lowest BCUT2D eigenvalue weighted by Crippen LogP contribution is -2.33. The van der Waals surface area contributed by atoms with E-state index in [9.17, 15) is 9.59 Å². The summed E-state index contributed by atoms with van der Waals surface area (Å²) in [4.78, 5) is 30.8. The number of ether oxygens (including phenoxy) is 2. The van der Waals surface area contributed by atoms with Gasteiger partial charge in [-0.15, -0.1) is 11.3 Å². The summed E-state index contributed by atoms with van der Waals surface area (Å²) in [6.45, 7) is 3.92. The van der Waals surface area contributed by atoms with E-state index < -0.39 is 5.91 Å². The van der Waals surface area contributed by atoms with E-state index in [1.165, 1.54) is 24.8 Å². The maximum absolute atomic E-state index is 13.1. The zero-order valence-electron chi connectivity index (χ0n) is 16.7. The number of aromatic nitrogens is 2. The number of fused-ring (bicyclic) bond motifs is 1. The molecule has 0 atom stereocenters. The van der Waals surface area contributed by atoms with Crippen molar-refractivity contribution in [2.75, 3.05) is 19.1 Å². The summed E-state index contributed by atoms with van der Waals surface area (Å²) in [7, 11) is 1.49. The van der Waals surface area contributed by atoms with Gasteiger partial charge in [0.15, 0.2) is 11.5 Å². The Bertz CT molecular complexity index is 1310. The molecule has 2 heterocycles. The molecule has 7 nitrogen and oxygen atoms in total. The maximum Gasteiger partial charge on any atom is 0.281 e. The van der Waals surface area contributed by atoms with Crippen molar-refractivity contribution in [3.63, 3.8) is 0 Å². The number of rotatable bonds is 7. The number of carbonyl (C=O) groups excluding carboxylic acids is 1. The first-order valence-electron chi connectivity index (χ1n) is 9.39. The van der Waals surface area contributed by atoms with Crippen LogP contribution in [-0.2, 0) is 0 Å². The number of thiophene rings is 1. The number of methoxy groups -OCH3 is 1. The first-order chi connectivity index (χ1) is 15.1. The highest BCUT2D eigenvalue weighted by Gasteiger charge is 2.16. The molecule has 0 saturated heterocycles. The molecule has 156 valence electrons. The van der Waals surface area contributed by atoms with E-state index >= 15 is 0 Å². The smallest absolute Gasteiger partial charge is 0.281 e. The highest BCUT2D eigenvalue weighted by Crippen LogP contribution is 2.30. The number of carbonyl (C=O) groups is 1. The molecule has 0 bridgehead atoms. The lowest BCUT2D eigenvalue weighted by molar-refractivity contribution is 0.101. The Morgan fingerprint density at radius 1 is 1.23 bits per heavy atom. The van der Waals surface area contributed by atoms with Gasteiger partial charge < -0.3 is 9.47 Å². The van der Waals surface area contributed by atoms with E-state index in [1.807, 2.05) is 35.7 Å². The predicted octanol–water partition coefficient (Wildman–Crippen LogP) is 4.08. The molecule has 2 aromatic heterocycles. The van der Waals surface area contributed by atoms with Crippen molar-refractivity contribution in [3.8, 4) is 22.6 Å². The highest BCUT2D eigenvalue weighted by molar-refractivity contribution is 7.17. The van der Waals surface area contributed by atoms with Crippen molar-refractivity contribution >= 4 is 27.5 Å². The van der Waals surface area contributed by atoms with Gasteiger partial charge >= 0.3 is 0 Å². The largest absolute Gasteiger partial charge is 0.493 e. The molecule has 0 fully saturated rings. The lowest BCUT2D eigenvalue weighted by Gasteiger charge is -2.12. The molecule has 31 heavy (non-hydrogen) atoms. The van der Waals surface area contributed by atoms with Crippen LogP contribution in [0.15, 0.2) is 77.7 Å². The summed E-state index contributed by atoms with van der Waals surface area (Å²) in [6.07, 6.45) is 2.93. The number of nitrogens with zero attached hydrogens (tertiary/aromatic N) is 2. The van der Waals surface area contributed by atoms with Gasteiger partial charge in [-0.05, 0) is 23.8 Å². The molecular formula is C23H19N3O4S. The minimum Gasteiger partial charge on any atom is -0.493 e. The van der Waals surface area contributed by atoms with E-state index in [0.717, 1.165) is 15.8 Å². The van der Waals surface area contributed by atoms with Crippen molar-refractivity contribution in [1.29, 1.82) is 0 Å². The van der Waals surface area contributed by atoms with Gasteiger partial charge in [-0.25, -0.2) is 9.66 Å². The molecule has 4 rings (SSSR count). The third kappa shape index (κ3) is 4.06. The Balaban J connectivity index is 1.66. The molecule has 0 saturated carbocycles. The monoisotopic (exact) mass is 433 g/mol. The van der Waals surface area contributed by atoms with Crippen molar-refractivity contribution in [1.82, 2.24) is 9.66 Å². The molecule has 1 N–H and O–H groups in total. The molecule has 4 aromatic rings. The second-order valence-corrected chi connectivity index (χ2v) is 7.38. The van der Waals surface area contributed by atoms with Gasteiger partial charge in [-0.2, -0.15) is 0 Å². The van der Waals surface area contributed by atoms with Gasteiger partial charge in [0.25, 0.3) is 11.5 Å². The first kappa shape index (κ1) is 20.4. The van der Waals surface area contributed by atoms with Crippen LogP contribution in [0.4, 0.5) is 0 Å². The van der Waals surface area contributed by atoms with Crippen LogP contribution in [0.3, 0.4) is 0 Å². The summed E-state index contributed by atoms with van der Waals surface area (Å²) >= 11 is 1.39. The summed E-state index contributed by atoms with van der Waals surface area (Å²) in [6, 6.07) is 14.4. The summed E-state index contributed by atoms with van der Waals surface area (Å²) in [5.41, 5.74) is 4.25. The van der Waals surface area contributed by atoms with Gasteiger partial charge in [0.05, 0.1) is 12.5 Å². The van der Waals surface area contributed by atoms with Crippen molar-refractivity contribution in [2.45, 2.75) is 0 Å². The van der Waals surface area contributed by atoms with Gasteiger partial charge in [0.2, 0.25) is 0 Å². The molecule has 1 amide bonds. The van der Waals surface area contributed by atoms with Crippen LogP contribution in [0.25, 0.3) is 21.3 Å². The van der Waals surface area contributed by atoms with Gasteiger partial charge in [-0.1, -0.05) is 43.0 Å². The van der Waals surface area contributed by atoms with Crippen LogP contribution in [-0.4, -0.2) is 29.3 Å². The minimum atomic E-state index is -0.478. The SMILES string of the molecule is C=CCOc1ccc(C(=O)Nn2cnc3scc(-c4ccccc4)c3c2=O)cc1OC. The Kier molecular flexibility index (Phi) is 5.81. The predicted molar refractivity (Wildman–Crippen MR) is 122 cm³/mol. The average Bonchev–Trinajstić information content (AvgIpc) is 3.25. The Morgan fingerprint density at radius 2 is 2.03 bits per heavy atom. The molecule has 0 spiro atoms. The van der Waals surface area contributed by atoms with Crippen molar-refractivity contribution in [3.05, 3.63) is 88.8 Å². The molecule has 8 heteroatoms. The molecule has 0 radical (unpaired) electrons. The third-order valence-corrected chi connectivity index (χ3v) is 5.47. The van der Waals surface area contributed by atoms with Crippen LogP contribution in [0, 0.1) is 0 Å². The van der Waals surface area contributed by atoms with E-state index in [0.29, 0.717) is 33.9 Å². The van der Waals surface area contributed by atoms with Gasteiger partial charge in [0.1, 0.15) is 17.8 Å². The summed E-state index contributed by atoms with van der Waals surface area (Å²) < 4.78 is 11.9. The van der Waals surface area contributed by atoms with Crippen LogP contribution in [0.2, 0.25) is 0 Å². The molecule has 0 unspecified atom stereocenters. The standard InChI is InChI=1S/C23H19N3O4S/c1-3-11-30-18-10-9-16(12-19(18)29-2)21(27)25-26-14-24-22-20(23(26)28)17(13-31-22)15-7-5-4-6-8-15/h3-10,12-14H,1,11H2,2H3,(H,25,27). The van der Waals surface area contributed by atoms with Crippen LogP contribution >= 0.6 is 11.3 Å². The summed E-state index contributed by atoms with van der Waals surface area (Å²) in [5, 5.41) is 2.36. The zero-order valence-corrected chi connectivity index (χ0v) is 17.5. The number of hydrogen-bond donors (Lipinski definition) is 1. The van der Waals surface area contributed by atoms with Gasteiger partial charge in [0, 0.05) is 16.5 Å². The lowest BCUT2D eigenvalue weighted by atomic mass is 10.1. The van der Waals surface area contributed by atoms with Gasteiger partial charge in [-0.3, -0.25) is 15.0 Å². The fourth-order valence-corrected chi connectivity index (χ4v) is 4.00. The molecule has 2 aromatic carbocycles. The molecular weight excluding hydrogens is 414 g/mol. The normalized spacial score (nSPS) is 10.6. The zero-order chi connectivity index (χ0) is 21.8. The van der Waals surface area contributed by atoms with Crippen LogP contribution in [0.1, 0.15) is 10.4 Å². The van der Waals surface area contributed by atoms with E-state index in [1.54, 1.807) is 24.3 Å². The summed E-state index contributed by atoms with van der Waals surface area (Å²) in [5.74, 6) is 0.415. The number of nitrogens with one attached hydrogen (secondary N) is 1.